The van der Waals surface area contributed by atoms with Gasteiger partial charge in [-0.15, -0.1) is 0 Å². The number of hydrogen-bond donors (Lipinski definition) is 1. The van der Waals surface area contributed by atoms with Gasteiger partial charge in [0.1, 0.15) is 16.6 Å². The fourth-order valence-corrected chi connectivity index (χ4v) is 2.55. The summed E-state index contributed by atoms with van der Waals surface area (Å²) in [4.78, 5) is 23.3. The second-order valence-corrected chi connectivity index (χ2v) is 4.93. The highest BCUT2D eigenvalue weighted by molar-refractivity contribution is 6.33. The van der Waals surface area contributed by atoms with Gasteiger partial charge in [0.25, 0.3) is 0 Å². The maximum absolute atomic E-state index is 11.2. The molecule has 0 saturated carbocycles. The molecule has 2 rings (SSSR count). The van der Waals surface area contributed by atoms with Gasteiger partial charge in [0.15, 0.2) is 0 Å². The number of aliphatic carboxylic acids is 1. The van der Waals surface area contributed by atoms with Gasteiger partial charge in [-0.25, -0.2) is 0 Å². The molecular weight excluding hydrogens is 288 g/mol. The van der Waals surface area contributed by atoms with Crippen LogP contribution in [0.4, 0.5) is 11.4 Å². The van der Waals surface area contributed by atoms with Crippen LogP contribution in [0.2, 0.25) is 5.02 Å². The number of carboxylic acids is 1. The van der Waals surface area contributed by atoms with E-state index in [9.17, 15) is 14.9 Å². The first-order valence-corrected chi connectivity index (χ1v) is 6.27. The van der Waals surface area contributed by atoms with Gasteiger partial charge in [-0.05, 0) is 12.1 Å². The molecule has 8 heteroatoms. The monoisotopic (exact) mass is 300 g/mol. The summed E-state index contributed by atoms with van der Waals surface area (Å²) in [6.45, 7) is 0.301. The number of hydrogen-bond acceptors (Lipinski definition) is 5. The largest absolute Gasteiger partial charge is 0.481 e. The minimum atomic E-state index is -0.982. The van der Waals surface area contributed by atoms with Crippen molar-refractivity contribution in [3.05, 3.63) is 33.3 Å². The molecule has 0 spiro atoms. The van der Waals surface area contributed by atoms with Crippen LogP contribution in [0.5, 0.6) is 0 Å². The summed E-state index contributed by atoms with van der Waals surface area (Å²) in [7, 11) is 1.61. The smallest absolute Gasteiger partial charge is 0.311 e. The van der Waals surface area contributed by atoms with Crippen molar-refractivity contribution >= 4 is 28.9 Å². The lowest BCUT2D eigenvalue weighted by Crippen LogP contribution is -2.41. The van der Waals surface area contributed by atoms with Gasteiger partial charge in [0, 0.05) is 7.05 Å². The van der Waals surface area contributed by atoms with Crippen LogP contribution >= 0.6 is 11.6 Å². The van der Waals surface area contributed by atoms with E-state index >= 15 is 0 Å². The molecule has 1 fully saturated rings. The fourth-order valence-electron chi connectivity index (χ4n) is 2.31. The number of anilines is 1. The second-order valence-electron chi connectivity index (χ2n) is 4.53. The molecule has 108 valence electrons. The third-order valence-corrected chi connectivity index (χ3v) is 3.70. The van der Waals surface area contributed by atoms with E-state index in [4.69, 9.17) is 21.4 Å². The third kappa shape index (κ3) is 2.54. The van der Waals surface area contributed by atoms with Gasteiger partial charge in [-0.1, -0.05) is 17.7 Å². The lowest BCUT2D eigenvalue weighted by Gasteiger charge is -2.28. The van der Waals surface area contributed by atoms with E-state index in [1.54, 1.807) is 24.1 Å². The molecule has 2 unspecified atom stereocenters. The first kappa shape index (κ1) is 14.5. The summed E-state index contributed by atoms with van der Waals surface area (Å²) in [6, 6.07) is 4.09. The van der Waals surface area contributed by atoms with E-state index in [2.05, 4.69) is 0 Å². The van der Waals surface area contributed by atoms with Crippen LogP contribution < -0.4 is 4.90 Å². The van der Waals surface area contributed by atoms with Gasteiger partial charge in [0.2, 0.25) is 0 Å². The Bertz CT molecular complexity index is 551. The van der Waals surface area contributed by atoms with Gasteiger partial charge in [-0.2, -0.15) is 0 Å². The number of rotatable bonds is 4. The Morgan fingerprint density at radius 2 is 2.25 bits per heavy atom. The summed E-state index contributed by atoms with van der Waals surface area (Å²) >= 11 is 5.86. The molecule has 1 heterocycles. The Kier molecular flexibility index (Phi) is 4.10. The molecule has 0 bridgehead atoms. The Labute approximate surface area is 119 Å². The molecule has 0 radical (unpaired) electrons. The number of nitro groups is 1. The van der Waals surface area contributed by atoms with Crippen molar-refractivity contribution in [2.24, 2.45) is 5.92 Å². The minimum Gasteiger partial charge on any atom is -0.481 e. The van der Waals surface area contributed by atoms with E-state index in [1.165, 1.54) is 6.07 Å². The average molecular weight is 301 g/mol. The predicted octanol–water partition coefficient (Wildman–Crippen LogP) is 1.78. The molecule has 1 aromatic rings. The average Bonchev–Trinajstić information content (AvgIpc) is 2.86. The number of benzene rings is 1. The van der Waals surface area contributed by atoms with Crippen molar-refractivity contribution in [3.8, 4) is 0 Å². The van der Waals surface area contributed by atoms with Gasteiger partial charge >= 0.3 is 11.7 Å². The van der Waals surface area contributed by atoms with E-state index in [0.29, 0.717) is 0 Å². The molecule has 0 amide bonds. The van der Waals surface area contributed by atoms with E-state index in [-0.39, 0.29) is 29.6 Å². The summed E-state index contributed by atoms with van der Waals surface area (Å²) in [5.74, 6) is -1.71. The number of likely N-dealkylation sites (N-methyl/N-ethyl adjacent to an activating group) is 1. The normalized spacial score (nSPS) is 21.7. The van der Waals surface area contributed by atoms with Crippen LogP contribution in [0.3, 0.4) is 0 Å². The molecule has 2 atom stereocenters. The Hall–Kier alpha value is -1.86. The molecule has 0 aromatic heterocycles. The molecule has 1 saturated heterocycles. The standard InChI is InChI=1S/C12H13ClN2O5/c1-14(10-6-20-5-7(10)12(16)17)9-4-2-3-8(13)11(9)15(18)19/h2-4,7,10H,5-6H2,1H3,(H,16,17). The van der Waals surface area contributed by atoms with Gasteiger partial charge in [0.05, 0.1) is 24.2 Å². The predicted molar refractivity (Wildman–Crippen MR) is 72.2 cm³/mol. The van der Waals surface area contributed by atoms with E-state index in [1.807, 2.05) is 0 Å². The molecule has 1 N–H and O–H groups in total. The van der Waals surface area contributed by atoms with Crippen LogP contribution in [0.1, 0.15) is 0 Å². The lowest BCUT2D eigenvalue weighted by atomic mass is 10.0. The summed E-state index contributed by atoms with van der Waals surface area (Å²) in [5.41, 5.74) is 0.0527. The third-order valence-electron chi connectivity index (χ3n) is 3.39. The first-order valence-electron chi connectivity index (χ1n) is 5.89. The van der Waals surface area contributed by atoms with Crippen molar-refractivity contribution in [2.75, 3.05) is 25.2 Å². The van der Waals surface area contributed by atoms with Crippen LogP contribution in [0.25, 0.3) is 0 Å². The fraction of sp³-hybridized carbons (Fsp3) is 0.417. The number of carboxylic acid groups (broad SMARTS) is 1. The van der Waals surface area contributed by atoms with Crippen molar-refractivity contribution < 1.29 is 19.6 Å². The molecule has 7 nitrogen and oxygen atoms in total. The van der Waals surface area contributed by atoms with Crippen LogP contribution in [-0.4, -0.2) is 42.3 Å². The van der Waals surface area contributed by atoms with Gasteiger partial charge < -0.3 is 14.7 Å². The molecule has 1 aromatic carbocycles. The minimum absolute atomic E-state index is 0.0186. The summed E-state index contributed by atoms with van der Waals surface area (Å²) in [6.07, 6.45) is 0. The topological polar surface area (TPSA) is 92.9 Å². The number of nitro benzene ring substituents is 1. The lowest BCUT2D eigenvalue weighted by molar-refractivity contribution is -0.384. The molecular formula is C12H13ClN2O5. The molecule has 0 aliphatic carbocycles. The summed E-state index contributed by atoms with van der Waals surface area (Å²) < 4.78 is 5.18. The quantitative estimate of drug-likeness (QED) is 0.673. The van der Waals surface area contributed by atoms with Crippen molar-refractivity contribution in [1.29, 1.82) is 0 Å². The van der Waals surface area contributed by atoms with Crippen LogP contribution in [0.15, 0.2) is 18.2 Å². The van der Waals surface area contributed by atoms with E-state index in [0.717, 1.165) is 0 Å². The van der Waals surface area contributed by atoms with Crippen LogP contribution in [0, 0.1) is 16.0 Å². The highest BCUT2D eigenvalue weighted by Gasteiger charge is 2.38. The highest BCUT2D eigenvalue weighted by atomic mass is 35.5. The van der Waals surface area contributed by atoms with Crippen molar-refractivity contribution in [1.82, 2.24) is 0 Å². The van der Waals surface area contributed by atoms with Gasteiger partial charge in [-0.3, -0.25) is 14.9 Å². The SMILES string of the molecule is CN(c1cccc(Cl)c1[N+](=O)[O-])C1COCC1C(=O)O. The zero-order valence-corrected chi connectivity index (χ0v) is 11.4. The zero-order valence-electron chi connectivity index (χ0n) is 10.7. The number of ether oxygens (including phenoxy) is 1. The highest BCUT2D eigenvalue weighted by Crippen LogP contribution is 2.36. The van der Waals surface area contributed by atoms with Crippen LogP contribution in [-0.2, 0) is 9.53 Å². The van der Waals surface area contributed by atoms with Crippen molar-refractivity contribution in [3.63, 3.8) is 0 Å². The maximum Gasteiger partial charge on any atom is 0.311 e. The Morgan fingerprint density at radius 1 is 1.55 bits per heavy atom. The molecule has 20 heavy (non-hydrogen) atoms. The summed E-state index contributed by atoms with van der Waals surface area (Å²) in [5, 5.41) is 20.3. The number of nitrogens with zero attached hydrogens (tertiary/aromatic N) is 2. The first-order chi connectivity index (χ1) is 9.43. The van der Waals surface area contributed by atoms with E-state index < -0.39 is 22.9 Å². The zero-order chi connectivity index (χ0) is 14.9. The Morgan fingerprint density at radius 3 is 2.85 bits per heavy atom. The Balaban J connectivity index is 2.39. The number of para-hydroxylation sites is 1. The number of carbonyl (C=O) groups is 1. The van der Waals surface area contributed by atoms with Crippen molar-refractivity contribution in [2.45, 2.75) is 6.04 Å². The molecule has 1 aliphatic rings. The second kappa shape index (κ2) is 5.64. The number of halogens is 1. The maximum atomic E-state index is 11.2. The molecule has 1 aliphatic heterocycles.